The maximum Gasteiger partial charge on any atom is 0.0179 e. The van der Waals surface area contributed by atoms with Gasteiger partial charge in [0.1, 0.15) is 0 Å². The van der Waals surface area contributed by atoms with Crippen molar-refractivity contribution in [1.82, 2.24) is 0 Å². The van der Waals surface area contributed by atoms with Gasteiger partial charge in [-0.15, -0.1) is 0 Å². The molecule has 0 aromatic heterocycles. The van der Waals surface area contributed by atoms with E-state index in [1.165, 1.54) is 68.1 Å². The van der Waals surface area contributed by atoms with Crippen LogP contribution in [0, 0.1) is 5.41 Å². The van der Waals surface area contributed by atoms with Gasteiger partial charge in [0.25, 0.3) is 0 Å². The lowest BCUT2D eigenvalue weighted by Crippen LogP contribution is -2.35. The van der Waals surface area contributed by atoms with Crippen molar-refractivity contribution in [2.45, 2.75) is 105 Å². The molecular weight excluding hydrogens is 348 g/mol. The molecule has 0 nitrogen and oxygen atoms in total. The number of hydrogen-bond acceptors (Lipinski definition) is 0. The lowest BCUT2D eigenvalue weighted by molar-refractivity contribution is 0.305. The summed E-state index contributed by atoms with van der Waals surface area (Å²) in [6.45, 7) is 16.7. The van der Waals surface area contributed by atoms with Crippen LogP contribution < -0.4 is 0 Å². The van der Waals surface area contributed by atoms with Crippen LogP contribution >= 0.6 is 0 Å². The molecule has 0 amide bonds. The molecule has 1 atom stereocenters. The minimum Gasteiger partial charge on any atom is -0.0654 e. The third-order valence-electron chi connectivity index (χ3n) is 9.11. The second-order valence-corrected chi connectivity index (χ2v) is 10.4. The van der Waals surface area contributed by atoms with Crippen molar-refractivity contribution in [2.75, 3.05) is 0 Å². The molecule has 0 spiro atoms. The summed E-state index contributed by atoms with van der Waals surface area (Å²) in [6.07, 6.45) is 12.9. The second-order valence-electron chi connectivity index (χ2n) is 10.4. The molecule has 0 aliphatic heterocycles. The molecule has 156 valence electrons. The lowest BCUT2D eigenvalue weighted by Gasteiger charge is -2.42. The number of benzene rings is 1. The van der Waals surface area contributed by atoms with Crippen LogP contribution in [0.3, 0.4) is 0 Å². The van der Waals surface area contributed by atoms with Gasteiger partial charge in [-0.05, 0) is 107 Å². The average Bonchev–Trinajstić information content (AvgIpc) is 3.05. The predicted octanol–water partition coefficient (Wildman–Crippen LogP) is 8.49. The van der Waals surface area contributed by atoms with E-state index in [4.69, 9.17) is 0 Å². The van der Waals surface area contributed by atoms with E-state index >= 15 is 0 Å². The van der Waals surface area contributed by atoms with E-state index in [1.54, 1.807) is 33.4 Å². The average molecular weight is 389 g/mol. The number of aryl methyl sites for hydroxylation is 2. The molecule has 0 heterocycles. The smallest absolute Gasteiger partial charge is 0.0179 e. The van der Waals surface area contributed by atoms with Gasteiger partial charge in [0.15, 0.2) is 0 Å². The summed E-state index contributed by atoms with van der Waals surface area (Å²) >= 11 is 0. The van der Waals surface area contributed by atoms with Crippen LogP contribution in [0.15, 0.2) is 40.0 Å². The van der Waals surface area contributed by atoms with Crippen LogP contribution in [0.25, 0.3) is 6.08 Å². The van der Waals surface area contributed by atoms with Crippen molar-refractivity contribution in [3.8, 4) is 0 Å². The molecule has 0 saturated heterocycles. The molecule has 0 fully saturated rings. The summed E-state index contributed by atoms with van der Waals surface area (Å²) in [5.41, 5.74) is 14.7. The van der Waals surface area contributed by atoms with Crippen LogP contribution in [-0.2, 0) is 18.3 Å². The molecule has 0 heteroatoms. The molecule has 1 aromatic rings. The Balaban J connectivity index is 1.85. The number of allylic oxidation sites excluding steroid dienone is 5. The van der Waals surface area contributed by atoms with Gasteiger partial charge >= 0.3 is 0 Å². The first-order valence-electron chi connectivity index (χ1n) is 12.0. The van der Waals surface area contributed by atoms with Crippen molar-refractivity contribution >= 4 is 6.08 Å². The van der Waals surface area contributed by atoms with Crippen LogP contribution in [0.1, 0.15) is 109 Å². The van der Waals surface area contributed by atoms with E-state index < -0.39 is 0 Å². The SMILES string of the molecule is CCCCC1(CC2(C)C(C)=C(C)C(C)=C2C)C(C)=Cc2cc3c(cc21)CCCC3. The van der Waals surface area contributed by atoms with Gasteiger partial charge in [-0.2, -0.15) is 0 Å². The zero-order chi connectivity index (χ0) is 21.0. The first-order valence-corrected chi connectivity index (χ1v) is 12.0. The molecule has 0 N–H and O–H groups in total. The maximum atomic E-state index is 2.64. The lowest BCUT2D eigenvalue weighted by atomic mass is 9.61. The molecule has 4 rings (SSSR count). The standard InChI is InChI=1S/C29H40/c1-8-9-14-29(18-28(7)22(5)20(3)21(4)23(28)6)19(2)15-26-16-24-12-10-11-13-25(24)17-27(26)29/h15-17H,8-14,18H2,1-7H3. The van der Waals surface area contributed by atoms with Gasteiger partial charge in [-0.25, -0.2) is 0 Å². The summed E-state index contributed by atoms with van der Waals surface area (Å²) in [5, 5.41) is 0. The van der Waals surface area contributed by atoms with Gasteiger partial charge in [-0.3, -0.25) is 0 Å². The fourth-order valence-corrected chi connectivity index (χ4v) is 6.60. The zero-order valence-electron chi connectivity index (χ0n) is 19.9. The van der Waals surface area contributed by atoms with Gasteiger partial charge in [0.05, 0.1) is 0 Å². The topological polar surface area (TPSA) is 0 Å². The zero-order valence-corrected chi connectivity index (χ0v) is 19.9. The van der Waals surface area contributed by atoms with E-state index in [0.717, 1.165) is 0 Å². The highest BCUT2D eigenvalue weighted by molar-refractivity contribution is 5.71. The van der Waals surface area contributed by atoms with Gasteiger partial charge < -0.3 is 0 Å². The van der Waals surface area contributed by atoms with Crippen molar-refractivity contribution in [3.63, 3.8) is 0 Å². The molecule has 1 unspecified atom stereocenters. The van der Waals surface area contributed by atoms with Crippen molar-refractivity contribution in [2.24, 2.45) is 5.41 Å². The quantitative estimate of drug-likeness (QED) is 0.474. The highest BCUT2D eigenvalue weighted by Crippen LogP contribution is 2.58. The van der Waals surface area contributed by atoms with E-state index in [-0.39, 0.29) is 10.8 Å². The molecule has 3 aliphatic rings. The summed E-state index contributed by atoms with van der Waals surface area (Å²) in [5.74, 6) is 0. The highest BCUT2D eigenvalue weighted by atomic mass is 14.5. The summed E-state index contributed by atoms with van der Waals surface area (Å²) in [4.78, 5) is 0. The number of unbranched alkanes of at least 4 members (excludes halogenated alkanes) is 1. The second kappa shape index (κ2) is 7.29. The largest absolute Gasteiger partial charge is 0.0654 e. The molecule has 3 aliphatic carbocycles. The minimum absolute atomic E-state index is 0.175. The first-order chi connectivity index (χ1) is 13.7. The summed E-state index contributed by atoms with van der Waals surface area (Å²) < 4.78 is 0. The molecule has 1 aromatic carbocycles. The Hall–Kier alpha value is -1.56. The molecular formula is C29H40. The fourth-order valence-electron chi connectivity index (χ4n) is 6.60. The Labute approximate surface area is 179 Å². The number of rotatable bonds is 5. The van der Waals surface area contributed by atoms with E-state index in [9.17, 15) is 0 Å². The Kier molecular flexibility index (Phi) is 5.21. The number of fused-ring (bicyclic) bond motifs is 2. The van der Waals surface area contributed by atoms with Crippen LogP contribution in [0.5, 0.6) is 0 Å². The Morgan fingerprint density at radius 3 is 2.03 bits per heavy atom. The predicted molar refractivity (Wildman–Crippen MR) is 127 cm³/mol. The van der Waals surface area contributed by atoms with E-state index in [1.807, 2.05) is 0 Å². The van der Waals surface area contributed by atoms with Crippen molar-refractivity contribution in [1.29, 1.82) is 0 Å². The van der Waals surface area contributed by atoms with Crippen LogP contribution in [-0.4, -0.2) is 0 Å². The Morgan fingerprint density at radius 2 is 1.45 bits per heavy atom. The molecule has 29 heavy (non-hydrogen) atoms. The van der Waals surface area contributed by atoms with Gasteiger partial charge in [0, 0.05) is 10.8 Å². The number of hydrogen-bond donors (Lipinski definition) is 0. The van der Waals surface area contributed by atoms with Crippen LogP contribution in [0.4, 0.5) is 0 Å². The Morgan fingerprint density at radius 1 is 0.862 bits per heavy atom. The van der Waals surface area contributed by atoms with Gasteiger partial charge in [0.2, 0.25) is 0 Å². The summed E-state index contributed by atoms with van der Waals surface area (Å²) in [7, 11) is 0. The highest BCUT2D eigenvalue weighted by Gasteiger charge is 2.48. The maximum absolute atomic E-state index is 2.64. The first kappa shape index (κ1) is 20.7. The fraction of sp³-hybridized carbons (Fsp3) is 0.586. The molecule has 0 radical (unpaired) electrons. The Bertz CT molecular complexity index is 909. The minimum atomic E-state index is 0.175. The normalized spacial score (nSPS) is 25.4. The third kappa shape index (κ3) is 3.01. The molecule has 0 bridgehead atoms. The molecule has 0 saturated carbocycles. The van der Waals surface area contributed by atoms with Gasteiger partial charge in [-0.1, -0.05) is 61.6 Å². The van der Waals surface area contributed by atoms with E-state index in [0.29, 0.717) is 0 Å². The van der Waals surface area contributed by atoms with E-state index in [2.05, 4.69) is 66.7 Å². The summed E-state index contributed by atoms with van der Waals surface area (Å²) in [6, 6.07) is 5.20. The van der Waals surface area contributed by atoms with Crippen LogP contribution in [0.2, 0.25) is 0 Å². The monoisotopic (exact) mass is 388 g/mol. The third-order valence-corrected chi connectivity index (χ3v) is 9.11. The van der Waals surface area contributed by atoms with Crippen molar-refractivity contribution < 1.29 is 0 Å². The van der Waals surface area contributed by atoms with Crippen molar-refractivity contribution in [3.05, 3.63) is 62.3 Å².